The predicted octanol–water partition coefficient (Wildman–Crippen LogP) is 4.26. The number of nitrogens with zero attached hydrogens (tertiary/aromatic N) is 2. The van der Waals surface area contributed by atoms with Crippen molar-refractivity contribution in [2.75, 3.05) is 32.7 Å². The lowest BCUT2D eigenvalue weighted by molar-refractivity contribution is -0.115. The minimum atomic E-state index is -0.551. The molecule has 0 bridgehead atoms. The summed E-state index contributed by atoms with van der Waals surface area (Å²) in [6, 6.07) is 9.91. The highest BCUT2D eigenvalue weighted by atomic mass is 32.1. The number of rotatable bonds is 10. The number of benzene rings is 1. The molecule has 0 spiro atoms. The van der Waals surface area contributed by atoms with Gasteiger partial charge < -0.3 is 14.8 Å². The van der Waals surface area contributed by atoms with Crippen molar-refractivity contribution in [2.24, 2.45) is 0 Å². The molecule has 9 heteroatoms. The molecule has 1 aromatic carbocycles. The molecule has 176 valence electrons. The van der Waals surface area contributed by atoms with Gasteiger partial charge in [0.25, 0.3) is 0 Å². The summed E-state index contributed by atoms with van der Waals surface area (Å²) >= 11 is 1.17. The number of anilines is 1. The highest BCUT2D eigenvalue weighted by molar-refractivity contribution is 7.21. The molecule has 2 heterocycles. The van der Waals surface area contributed by atoms with Crippen LogP contribution in [0.3, 0.4) is 0 Å². The molecule has 0 aliphatic rings. The number of aromatic nitrogens is 1. The van der Waals surface area contributed by atoms with E-state index < -0.39 is 11.8 Å². The number of thiophene rings is 1. The third-order valence-corrected chi connectivity index (χ3v) is 6.26. The Morgan fingerprint density at radius 2 is 2.00 bits per heavy atom. The summed E-state index contributed by atoms with van der Waals surface area (Å²) in [4.78, 5) is 32.9. The molecule has 0 unspecified atom stereocenters. The number of amides is 1. The zero-order valence-electron chi connectivity index (χ0n) is 19.2. The first kappa shape index (κ1) is 24.8. The van der Waals surface area contributed by atoms with E-state index in [4.69, 9.17) is 14.5 Å². The number of pyridine rings is 1. The van der Waals surface area contributed by atoms with Gasteiger partial charge in [-0.15, -0.1) is 11.3 Å². The first-order chi connectivity index (χ1) is 15.8. The Balaban J connectivity index is 1.88. The summed E-state index contributed by atoms with van der Waals surface area (Å²) in [6.45, 7) is 6.24. The van der Waals surface area contributed by atoms with Crippen molar-refractivity contribution in [3.8, 4) is 0 Å². The van der Waals surface area contributed by atoms with Crippen LogP contribution >= 0.6 is 11.3 Å². The molecule has 3 rings (SSSR count). The third-order valence-electron chi connectivity index (χ3n) is 5.18. The number of esters is 1. The zero-order chi connectivity index (χ0) is 24.0. The molecule has 0 aliphatic carbocycles. The molecule has 0 aliphatic heterocycles. The van der Waals surface area contributed by atoms with E-state index in [1.165, 1.54) is 30.6 Å². The normalized spacial score (nSPS) is 11.4. The van der Waals surface area contributed by atoms with Gasteiger partial charge in [0.15, 0.2) is 0 Å². The number of hydrogen-bond acceptors (Lipinski definition) is 7. The van der Waals surface area contributed by atoms with Crippen LogP contribution in [0.1, 0.15) is 34.8 Å². The SMILES string of the molecule is COCCN(Cc1ccc2c(NC(=O)Cc3cccc(F)c3)c(C(=O)OC)sc2n1)C(C)C. The maximum atomic E-state index is 13.5. The fraction of sp³-hybridized carbons (Fsp3) is 0.375. The van der Waals surface area contributed by atoms with Crippen molar-refractivity contribution < 1.29 is 23.5 Å². The predicted molar refractivity (Wildman–Crippen MR) is 127 cm³/mol. The maximum Gasteiger partial charge on any atom is 0.350 e. The summed E-state index contributed by atoms with van der Waals surface area (Å²) in [5.74, 6) is -1.32. The molecule has 7 nitrogen and oxygen atoms in total. The topological polar surface area (TPSA) is 80.8 Å². The van der Waals surface area contributed by atoms with E-state index in [-0.39, 0.29) is 17.2 Å². The van der Waals surface area contributed by atoms with Crippen LogP contribution in [0, 0.1) is 5.82 Å². The smallest absolute Gasteiger partial charge is 0.350 e. The fourth-order valence-corrected chi connectivity index (χ4v) is 4.48. The summed E-state index contributed by atoms with van der Waals surface area (Å²) < 4.78 is 23.6. The Labute approximate surface area is 196 Å². The Hall–Kier alpha value is -2.88. The first-order valence-electron chi connectivity index (χ1n) is 10.6. The molecule has 2 aromatic heterocycles. The Kier molecular flexibility index (Phi) is 8.49. The van der Waals surface area contributed by atoms with Gasteiger partial charge in [0.05, 0.1) is 31.5 Å². The summed E-state index contributed by atoms with van der Waals surface area (Å²) in [7, 11) is 2.97. The Morgan fingerprint density at radius 1 is 1.21 bits per heavy atom. The van der Waals surface area contributed by atoms with Gasteiger partial charge in [-0.25, -0.2) is 14.2 Å². The maximum absolute atomic E-state index is 13.5. The Morgan fingerprint density at radius 3 is 2.67 bits per heavy atom. The molecule has 0 fully saturated rings. The third kappa shape index (κ3) is 6.34. The van der Waals surface area contributed by atoms with Gasteiger partial charge in [-0.05, 0) is 43.7 Å². The number of carbonyl (C=O) groups excluding carboxylic acids is 2. The monoisotopic (exact) mass is 473 g/mol. The van der Waals surface area contributed by atoms with E-state index in [0.717, 1.165) is 12.2 Å². The lowest BCUT2D eigenvalue weighted by Crippen LogP contribution is -2.33. The van der Waals surface area contributed by atoms with Crippen molar-refractivity contribution in [3.63, 3.8) is 0 Å². The quantitative estimate of drug-likeness (QED) is 0.443. The second kappa shape index (κ2) is 11.3. The molecule has 33 heavy (non-hydrogen) atoms. The van der Waals surface area contributed by atoms with Gasteiger partial charge in [-0.1, -0.05) is 12.1 Å². The molecular weight excluding hydrogens is 445 g/mol. The molecular formula is C24H28FN3O4S. The average Bonchev–Trinajstić information content (AvgIpc) is 3.13. The van der Waals surface area contributed by atoms with Crippen LogP contribution in [0.15, 0.2) is 36.4 Å². The number of methoxy groups -OCH3 is 2. The van der Waals surface area contributed by atoms with E-state index in [9.17, 15) is 14.0 Å². The minimum Gasteiger partial charge on any atom is -0.465 e. The number of hydrogen-bond donors (Lipinski definition) is 1. The number of nitrogens with one attached hydrogen (secondary N) is 1. The number of halogens is 1. The molecule has 0 radical (unpaired) electrons. The van der Waals surface area contributed by atoms with E-state index in [2.05, 4.69) is 24.1 Å². The molecule has 0 saturated heterocycles. The van der Waals surface area contributed by atoms with Gasteiger partial charge >= 0.3 is 5.97 Å². The van der Waals surface area contributed by atoms with Crippen molar-refractivity contribution in [2.45, 2.75) is 32.9 Å². The van der Waals surface area contributed by atoms with Gasteiger partial charge in [0.2, 0.25) is 5.91 Å². The van der Waals surface area contributed by atoms with Crippen LogP contribution in [0.25, 0.3) is 10.2 Å². The van der Waals surface area contributed by atoms with Gasteiger partial charge in [-0.2, -0.15) is 0 Å². The van der Waals surface area contributed by atoms with Crippen LogP contribution in [-0.2, 0) is 27.2 Å². The summed E-state index contributed by atoms with van der Waals surface area (Å²) in [5.41, 5.74) is 1.75. The summed E-state index contributed by atoms with van der Waals surface area (Å²) in [5, 5.41) is 3.46. The van der Waals surface area contributed by atoms with Crippen LogP contribution in [0.2, 0.25) is 0 Å². The van der Waals surface area contributed by atoms with E-state index >= 15 is 0 Å². The van der Waals surface area contributed by atoms with Crippen molar-refractivity contribution in [1.29, 1.82) is 0 Å². The largest absolute Gasteiger partial charge is 0.465 e. The molecule has 3 aromatic rings. The van der Waals surface area contributed by atoms with Crippen molar-refractivity contribution in [1.82, 2.24) is 9.88 Å². The van der Waals surface area contributed by atoms with Crippen LogP contribution in [-0.4, -0.2) is 55.2 Å². The average molecular weight is 474 g/mol. The van der Waals surface area contributed by atoms with Crippen molar-refractivity contribution in [3.05, 3.63) is 58.3 Å². The molecule has 1 N–H and O–H groups in total. The second-order valence-corrected chi connectivity index (χ2v) is 8.86. The molecule has 1 amide bonds. The van der Waals surface area contributed by atoms with Gasteiger partial charge in [-0.3, -0.25) is 9.69 Å². The van der Waals surface area contributed by atoms with Crippen LogP contribution < -0.4 is 5.32 Å². The Bertz CT molecular complexity index is 1130. The van der Waals surface area contributed by atoms with Crippen LogP contribution in [0.4, 0.5) is 10.1 Å². The number of fused-ring (bicyclic) bond motifs is 1. The second-order valence-electron chi connectivity index (χ2n) is 7.86. The lowest BCUT2D eigenvalue weighted by Gasteiger charge is -2.25. The highest BCUT2D eigenvalue weighted by Crippen LogP contribution is 2.35. The van der Waals surface area contributed by atoms with E-state index in [1.54, 1.807) is 19.2 Å². The first-order valence-corrected chi connectivity index (χ1v) is 11.4. The number of ether oxygens (including phenoxy) is 2. The van der Waals surface area contributed by atoms with Gasteiger partial charge in [0.1, 0.15) is 15.5 Å². The molecule has 0 saturated carbocycles. The lowest BCUT2D eigenvalue weighted by atomic mass is 10.1. The number of carbonyl (C=O) groups is 2. The minimum absolute atomic E-state index is 0.0237. The standard InChI is InChI=1S/C24H28FN3O4S/c1-15(2)28(10-11-31-3)14-18-8-9-19-21(22(24(30)32-4)33-23(19)26-18)27-20(29)13-16-6-5-7-17(25)12-16/h5-9,12,15H,10-11,13-14H2,1-4H3,(H,27,29). The van der Waals surface area contributed by atoms with E-state index in [0.29, 0.717) is 40.7 Å². The van der Waals surface area contributed by atoms with Gasteiger partial charge in [0, 0.05) is 31.6 Å². The summed E-state index contributed by atoms with van der Waals surface area (Å²) in [6.07, 6.45) is -0.0237. The zero-order valence-corrected chi connectivity index (χ0v) is 20.0. The van der Waals surface area contributed by atoms with Crippen LogP contribution in [0.5, 0.6) is 0 Å². The fourth-order valence-electron chi connectivity index (χ4n) is 3.42. The van der Waals surface area contributed by atoms with E-state index in [1.807, 2.05) is 12.1 Å². The van der Waals surface area contributed by atoms with Crippen molar-refractivity contribution >= 4 is 39.1 Å². The highest BCUT2D eigenvalue weighted by Gasteiger charge is 2.22. The molecule has 0 atom stereocenters.